The highest BCUT2D eigenvalue weighted by Gasteiger charge is 2.51. The molecule has 1 N–H and O–H groups in total. The highest BCUT2D eigenvalue weighted by molar-refractivity contribution is 5.92. The number of methoxy groups -OCH3 is 1. The maximum absolute atomic E-state index is 13.9. The zero-order valence-electron chi connectivity index (χ0n) is 25.1. The van der Waals surface area contributed by atoms with Gasteiger partial charge in [0.05, 0.1) is 5.41 Å². The van der Waals surface area contributed by atoms with Crippen LogP contribution in [0.3, 0.4) is 0 Å². The van der Waals surface area contributed by atoms with Gasteiger partial charge < -0.3 is 19.8 Å². The molecule has 1 saturated carbocycles. The van der Waals surface area contributed by atoms with Gasteiger partial charge in [-0.1, -0.05) is 87.4 Å². The molecule has 0 aromatic heterocycles. The topological polar surface area (TPSA) is 105 Å². The summed E-state index contributed by atoms with van der Waals surface area (Å²) in [5.74, 6) is -1.59. The van der Waals surface area contributed by atoms with E-state index < -0.39 is 35.5 Å². The van der Waals surface area contributed by atoms with E-state index in [1.54, 1.807) is 19.2 Å². The highest BCUT2D eigenvalue weighted by atomic mass is 16.7. The van der Waals surface area contributed by atoms with Gasteiger partial charge in [0.15, 0.2) is 6.17 Å². The lowest BCUT2D eigenvalue weighted by atomic mass is 9.81. The average Bonchev–Trinajstić information content (AvgIpc) is 3.56. The first-order valence-electron chi connectivity index (χ1n) is 14.9. The molecular weight excluding hydrogens is 534 g/mol. The summed E-state index contributed by atoms with van der Waals surface area (Å²) in [5, 5.41) is 4.02. The third-order valence-electron chi connectivity index (χ3n) is 8.37. The highest BCUT2D eigenvalue weighted by Crippen LogP contribution is 2.42. The smallest absolute Gasteiger partial charge is 0.355 e. The van der Waals surface area contributed by atoms with Crippen molar-refractivity contribution >= 4 is 23.7 Å². The van der Waals surface area contributed by atoms with E-state index in [4.69, 9.17) is 9.57 Å². The van der Waals surface area contributed by atoms with Crippen molar-refractivity contribution in [2.75, 3.05) is 13.7 Å². The first kappa shape index (κ1) is 31.2. The quantitative estimate of drug-likeness (QED) is 0.396. The molecule has 42 heavy (non-hydrogen) atoms. The Hall–Kier alpha value is -3.72. The van der Waals surface area contributed by atoms with Gasteiger partial charge in [0.1, 0.15) is 12.1 Å². The molecule has 4 rings (SSSR count). The Bertz CT molecular complexity index is 1230. The van der Waals surface area contributed by atoms with Gasteiger partial charge in [-0.15, -0.1) is 5.06 Å². The molecule has 9 nitrogen and oxygen atoms in total. The lowest BCUT2D eigenvalue weighted by Crippen LogP contribution is -2.51. The molecule has 1 heterocycles. The summed E-state index contributed by atoms with van der Waals surface area (Å²) in [7, 11) is 1.61. The van der Waals surface area contributed by atoms with Gasteiger partial charge in [-0.2, -0.15) is 0 Å². The number of carbonyl (C=O) groups is 4. The van der Waals surface area contributed by atoms with Gasteiger partial charge in [-0.05, 0) is 42.7 Å². The number of hydrogen-bond acceptors (Lipinski definition) is 6. The molecule has 0 unspecified atom stereocenters. The number of ether oxygens (including phenoxy) is 1. The van der Waals surface area contributed by atoms with Crippen molar-refractivity contribution < 1.29 is 28.8 Å². The zero-order chi connectivity index (χ0) is 30.3. The number of amides is 3. The number of hydrogen-bond donors (Lipinski definition) is 1. The summed E-state index contributed by atoms with van der Waals surface area (Å²) in [6.07, 6.45) is 3.57. The summed E-state index contributed by atoms with van der Waals surface area (Å²) in [5.41, 5.74) is 0.871. The molecule has 0 bridgehead atoms. The molecule has 9 heteroatoms. The molecule has 3 amide bonds. The number of nitrogens with zero attached hydrogens (tertiary/aromatic N) is 2. The molecule has 0 radical (unpaired) electrons. The van der Waals surface area contributed by atoms with E-state index in [0.29, 0.717) is 25.0 Å². The largest absolute Gasteiger partial charge is 0.385 e. The fourth-order valence-electron chi connectivity index (χ4n) is 6.19. The van der Waals surface area contributed by atoms with E-state index in [1.165, 1.54) is 11.8 Å². The third-order valence-corrected chi connectivity index (χ3v) is 8.37. The molecule has 0 spiro atoms. The number of benzene rings is 2. The summed E-state index contributed by atoms with van der Waals surface area (Å²) in [6.45, 7) is 5.82. The van der Waals surface area contributed by atoms with Gasteiger partial charge in [0, 0.05) is 27.1 Å². The minimum atomic E-state index is -1.04. The first-order chi connectivity index (χ1) is 20.2. The maximum atomic E-state index is 13.9. The van der Waals surface area contributed by atoms with Crippen molar-refractivity contribution in [1.82, 2.24) is 15.3 Å². The number of hydroxylamine groups is 2. The monoisotopic (exact) mass is 577 g/mol. The minimum absolute atomic E-state index is 0.118. The first-order valence-corrected chi connectivity index (χ1v) is 14.9. The summed E-state index contributed by atoms with van der Waals surface area (Å²) >= 11 is 0. The predicted molar refractivity (Wildman–Crippen MR) is 157 cm³/mol. The van der Waals surface area contributed by atoms with E-state index >= 15 is 0 Å². The fourth-order valence-corrected chi connectivity index (χ4v) is 6.19. The third kappa shape index (κ3) is 7.01. The van der Waals surface area contributed by atoms with Crippen LogP contribution in [0.1, 0.15) is 76.6 Å². The second-order valence-corrected chi connectivity index (χ2v) is 11.9. The molecule has 1 aliphatic heterocycles. The predicted octanol–water partition coefficient (Wildman–Crippen LogP) is 4.57. The van der Waals surface area contributed by atoms with Crippen molar-refractivity contribution in [1.29, 1.82) is 0 Å². The van der Waals surface area contributed by atoms with Crippen molar-refractivity contribution in [3.8, 4) is 0 Å². The van der Waals surface area contributed by atoms with Crippen LogP contribution in [0.2, 0.25) is 0 Å². The normalized spacial score (nSPS) is 20.5. The van der Waals surface area contributed by atoms with Crippen molar-refractivity contribution in [2.45, 2.75) is 84.0 Å². The Kier molecular flexibility index (Phi) is 10.4. The number of rotatable bonds is 12. The van der Waals surface area contributed by atoms with Crippen LogP contribution in [0, 0.1) is 11.3 Å². The van der Waals surface area contributed by atoms with E-state index in [1.807, 2.05) is 62.4 Å². The van der Waals surface area contributed by atoms with E-state index in [0.717, 1.165) is 36.3 Å². The van der Waals surface area contributed by atoms with Gasteiger partial charge in [0.2, 0.25) is 11.8 Å². The summed E-state index contributed by atoms with van der Waals surface area (Å²) in [4.78, 5) is 61.9. The Morgan fingerprint density at radius 2 is 1.62 bits per heavy atom. The van der Waals surface area contributed by atoms with E-state index in [-0.39, 0.29) is 24.2 Å². The fraction of sp³-hybridized carbons (Fsp3) is 0.515. The standard InChI is InChI=1S/C33H43N3O6/c1-23(2)21-28-30(38)36(29(35(28)24(3)37)26-15-9-6-10-16-26)42-31(39)27(22-25-13-7-5-8-14-25)34-32(40)33(19-20-41-4)17-11-12-18-33/h5-10,13-16,23,27-29H,11-12,17-22H2,1-4H3,(H,34,40)/t27-,28+,29+/m0/s1. The van der Waals surface area contributed by atoms with Gasteiger partial charge in [0.25, 0.3) is 5.91 Å². The van der Waals surface area contributed by atoms with Crippen LogP contribution in [-0.2, 0) is 35.2 Å². The number of carbonyl (C=O) groups excluding carboxylic acids is 4. The average molecular weight is 578 g/mol. The minimum Gasteiger partial charge on any atom is -0.385 e. The molecule has 2 aliphatic rings. The molecule has 2 aromatic rings. The molecule has 1 aliphatic carbocycles. The Balaban J connectivity index is 1.65. The lowest BCUT2D eigenvalue weighted by molar-refractivity contribution is -0.208. The van der Waals surface area contributed by atoms with E-state index in [9.17, 15) is 19.2 Å². The second-order valence-electron chi connectivity index (χ2n) is 11.9. The van der Waals surface area contributed by atoms with Crippen molar-refractivity contribution in [3.05, 3.63) is 71.8 Å². The van der Waals surface area contributed by atoms with Crippen LogP contribution in [0.5, 0.6) is 0 Å². The summed E-state index contributed by atoms with van der Waals surface area (Å²) < 4.78 is 5.30. The SMILES string of the molecule is COCCC1(C(=O)N[C@@H](Cc2ccccc2)C(=O)ON2C(=O)[C@@H](CC(C)C)N(C(C)=O)[C@H]2c2ccccc2)CCCC1. The van der Waals surface area contributed by atoms with Gasteiger partial charge in [-0.3, -0.25) is 14.4 Å². The van der Waals surface area contributed by atoms with Crippen molar-refractivity contribution in [3.63, 3.8) is 0 Å². The molecule has 226 valence electrons. The van der Waals surface area contributed by atoms with Gasteiger partial charge in [-0.25, -0.2) is 4.79 Å². The van der Waals surface area contributed by atoms with Crippen LogP contribution in [0.25, 0.3) is 0 Å². The van der Waals surface area contributed by atoms with Crippen molar-refractivity contribution in [2.24, 2.45) is 11.3 Å². The molecular formula is C33H43N3O6. The molecule has 2 fully saturated rings. The molecule has 3 atom stereocenters. The zero-order valence-corrected chi connectivity index (χ0v) is 25.1. The van der Waals surface area contributed by atoms with Crippen LogP contribution < -0.4 is 5.32 Å². The molecule has 1 saturated heterocycles. The van der Waals surface area contributed by atoms with Gasteiger partial charge >= 0.3 is 5.97 Å². The molecule has 2 aromatic carbocycles. The summed E-state index contributed by atoms with van der Waals surface area (Å²) in [6, 6.07) is 16.6. The second kappa shape index (κ2) is 14.0. The van der Waals surface area contributed by atoms with Crippen LogP contribution >= 0.6 is 0 Å². The number of nitrogens with one attached hydrogen (secondary N) is 1. The maximum Gasteiger partial charge on any atom is 0.355 e. The Morgan fingerprint density at radius 3 is 2.19 bits per heavy atom. The Labute approximate surface area is 248 Å². The van der Waals surface area contributed by atoms with Crippen LogP contribution in [0.15, 0.2) is 60.7 Å². The lowest BCUT2D eigenvalue weighted by Gasteiger charge is -2.32. The van der Waals surface area contributed by atoms with Crippen LogP contribution in [-0.4, -0.2) is 59.5 Å². The van der Waals surface area contributed by atoms with Crippen LogP contribution in [0.4, 0.5) is 0 Å². The van der Waals surface area contributed by atoms with E-state index in [2.05, 4.69) is 5.32 Å². The Morgan fingerprint density at radius 1 is 1.00 bits per heavy atom.